The molecule has 2 rings (SSSR count). The summed E-state index contributed by atoms with van der Waals surface area (Å²) in [6, 6.07) is 12.0. The van der Waals surface area contributed by atoms with Gasteiger partial charge in [-0.25, -0.2) is 4.39 Å². The number of hydrogen-bond acceptors (Lipinski definition) is 2. The summed E-state index contributed by atoms with van der Waals surface area (Å²) in [6.45, 7) is 0.487. The lowest BCUT2D eigenvalue weighted by Gasteiger charge is -2.18. The SMILES string of the molecule is CNC(COc1ccc(Cl)cc1)Cc1cc(F)ccc1Br. The standard InChI is InChI=1S/C16H16BrClFNO/c1-20-14(9-11-8-13(19)4-7-16(11)17)10-21-15-5-2-12(18)3-6-15/h2-8,14,20H,9-10H2,1H3. The van der Waals surface area contributed by atoms with E-state index in [4.69, 9.17) is 16.3 Å². The van der Waals surface area contributed by atoms with Gasteiger partial charge in [0.05, 0.1) is 0 Å². The van der Waals surface area contributed by atoms with E-state index in [0.717, 1.165) is 15.8 Å². The second-order valence-corrected chi connectivity index (χ2v) is 5.98. The van der Waals surface area contributed by atoms with Crippen LogP contribution in [0, 0.1) is 5.82 Å². The number of hydrogen-bond donors (Lipinski definition) is 1. The topological polar surface area (TPSA) is 21.3 Å². The quantitative estimate of drug-likeness (QED) is 0.809. The van der Waals surface area contributed by atoms with E-state index < -0.39 is 0 Å². The maximum Gasteiger partial charge on any atom is 0.123 e. The van der Waals surface area contributed by atoms with Crippen LogP contribution in [-0.2, 0) is 6.42 Å². The van der Waals surface area contributed by atoms with Gasteiger partial charge >= 0.3 is 0 Å². The molecule has 1 atom stereocenters. The van der Waals surface area contributed by atoms with Gasteiger partial charge < -0.3 is 10.1 Å². The van der Waals surface area contributed by atoms with Gasteiger partial charge in [-0.1, -0.05) is 27.5 Å². The van der Waals surface area contributed by atoms with Crippen LogP contribution in [0.5, 0.6) is 5.75 Å². The Hall–Kier alpha value is -1.10. The largest absolute Gasteiger partial charge is 0.492 e. The van der Waals surface area contributed by atoms with Gasteiger partial charge in [-0.05, 0) is 61.5 Å². The van der Waals surface area contributed by atoms with Gasteiger partial charge in [0, 0.05) is 15.5 Å². The van der Waals surface area contributed by atoms with Gasteiger partial charge in [0.25, 0.3) is 0 Å². The highest BCUT2D eigenvalue weighted by Crippen LogP contribution is 2.20. The Balaban J connectivity index is 1.96. The molecule has 21 heavy (non-hydrogen) atoms. The van der Waals surface area contributed by atoms with Crippen LogP contribution in [0.2, 0.25) is 5.02 Å². The lowest BCUT2D eigenvalue weighted by atomic mass is 10.1. The molecule has 2 aromatic carbocycles. The molecule has 0 aromatic heterocycles. The van der Waals surface area contributed by atoms with Crippen molar-refractivity contribution in [3.05, 3.63) is 63.3 Å². The molecule has 1 unspecified atom stereocenters. The molecule has 112 valence electrons. The predicted octanol–water partition coefficient (Wildman–Crippen LogP) is 4.45. The number of ether oxygens (including phenoxy) is 1. The highest BCUT2D eigenvalue weighted by atomic mass is 79.9. The molecule has 0 saturated heterocycles. The highest BCUT2D eigenvalue weighted by molar-refractivity contribution is 9.10. The molecule has 0 aliphatic heterocycles. The Morgan fingerprint density at radius 2 is 1.95 bits per heavy atom. The van der Waals surface area contributed by atoms with Crippen molar-refractivity contribution in [3.8, 4) is 5.75 Å². The lowest BCUT2D eigenvalue weighted by Crippen LogP contribution is -2.34. The summed E-state index contributed by atoms with van der Waals surface area (Å²) in [7, 11) is 1.86. The summed E-state index contributed by atoms with van der Waals surface area (Å²) in [5, 5.41) is 3.86. The van der Waals surface area contributed by atoms with Crippen LogP contribution in [0.1, 0.15) is 5.56 Å². The average Bonchev–Trinajstić information content (AvgIpc) is 2.48. The summed E-state index contributed by atoms with van der Waals surface area (Å²) in [4.78, 5) is 0. The van der Waals surface area contributed by atoms with Crippen molar-refractivity contribution in [1.82, 2.24) is 5.32 Å². The zero-order valence-corrected chi connectivity index (χ0v) is 13.9. The fourth-order valence-electron chi connectivity index (χ4n) is 1.94. The van der Waals surface area contributed by atoms with Crippen LogP contribution in [0.15, 0.2) is 46.9 Å². The normalized spacial score (nSPS) is 12.2. The lowest BCUT2D eigenvalue weighted by molar-refractivity contribution is 0.269. The van der Waals surface area contributed by atoms with Crippen molar-refractivity contribution in [2.45, 2.75) is 12.5 Å². The summed E-state index contributed by atoms with van der Waals surface area (Å²) >= 11 is 9.27. The number of likely N-dealkylation sites (N-methyl/N-ethyl adjacent to an activating group) is 1. The van der Waals surface area contributed by atoms with E-state index in [9.17, 15) is 4.39 Å². The minimum absolute atomic E-state index is 0.0822. The third kappa shape index (κ3) is 4.99. The van der Waals surface area contributed by atoms with E-state index in [1.54, 1.807) is 18.2 Å². The third-order valence-electron chi connectivity index (χ3n) is 3.15. The van der Waals surface area contributed by atoms with Gasteiger partial charge in [0.1, 0.15) is 18.2 Å². The molecule has 2 aromatic rings. The molecule has 0 aliphatic rings. The van der Waals surface area contributed by atoms with Crippen molar-refractivity contribution >= 4 is 27.5 Å². The van der Waals surface area contributed by atoms with Gasteiger partial charge in [0.15, 0.2) is 0 Å². The summed E-state index contributed by atoms with van der Waals surface area (Å²) in [5.41, 5.74) is 0.911. The minimum Gasteiger partial charge on any atom is -0.492 e. The Labute approximate surface area is 137 Å². The van der Waals surface area contributed by atoms with Crippen LogP contribution < -0.4 is 10.1 Å². The molecule has 0 fully saturated rings. The van der Waals surface area contributed by atoms with Crippen molar-refractivity contribution < 1.29 is 9.13 Å². The van der Waals surface area contributed by atoms with E-state index in [-0.39, 0.29) is 11.9 Å². The smallest absolute Gasteiger partial charge is 0.123 e. The zero-order valence-electron chi connectivity index (χ0n) is 11.6. The Morgan fingerprint density at radius 3 is 2.62 bits per heavy atom. The summed E-state index contributed by atoms with van der Waals surface area (Å²) < 4.78 is 19.9. The van der Waals surface area contributed by atoms with Crippen molar-refractivity contribution in [2.24, 2.45) is 0 Å². The number of halogens is 3. The molecule has 5 heteroatoms. The highest BCUT2D eigenvalue weighted by Gasteiger charge is 2.11. The third-order valence-corrected chi connectivity index (χ3v) is 4.17. The van der Waals surface area contributed by atoms with Crippen LogP contribution in [0.4, 0.5) is 4.39 Å². The molecular weight excluding hydrogens is 357 g/mol. The molecule has 0 spiro atoms. The maximum absolute atomic E-state index is 13.3. The van der Waals surface area contributed by atoms with E-state index in [1.807, 2.05) is 19.2 Å². The Kier molecular flexibility index (Phi) is 6.03. The maximum atomic E-state index is 13.3. The van der Waals surface area contributed by atoms with E-state index in [1.165, 1.54) is 12.1 Å². The molecule has 0 bridgehead atoms. The molecular formula is C16H16BrClFNO. The van der Waals surface area contributed by atoms with Gasteiger partial charge in [-0.3, -0.25) is 0 Å². The fraction of sp³-hybridized carbons (Fsp3) is 0.250. The van der Waals surface area contributed by atoms with Crippen LogP contribution in [-0.4, -0.2) is 19.7 Å². The molecule has 0 saturated carbocycles. The van der Waals surface area contributed by atoms with Crippen molar-refractivity contribution in [3.63, 3.8) is 0 Å². The molecule has 0 aliphatic carbocycles. The predicted molar refractivity (Wildman–Crippen MR) is 87.6 cm³/mol. The molecule has 0 radical (unpaired) electrons. The van der Waals surface area contributed by atoms with E-state index in [2.05, 4.69) is 21.2 Å². The van der Waals surface area contributed by atoms with Crippen molar-refractivity contribution in [1.29, 1.82) is 0 Å². The Morgan fingerprint density at radius 1 is 1.24 bits per heavy atom. The molecule has 2 nitrogen and oxygen atoms in total. The fourth-order valence-corrected chi connectivity index (χ4v) is 2.47. The molecule has 0 heterocycles. The van der Waals surface area contributed by atoms with Gasteiger partial charge in [-0.15, -0.1) is 0 Å². The van der Waals surface area contributed by atoms with E-state index >= 15 is 0 Å². The van der Waals surface area contributed by atoms with E-state index in [0.29, 0.717) is 18.1 Å². The molecule has 1 N–H and O–H groups in total. The zero-order chi connectivity index (χ0) is 15.2. The van der Waals surface area contributed by atoms with Crippen LogP contribution >= 0.6 is 27.5 Å². The first kappa shape index (κ1) is 16.3. The number of benzene rings is 2. The second-order valence-electron chi connectivity index (χ2n) is 4.69. The summed E-state index contributed by atoms with van der Waals surface area (Å²) in [6.07, 6.45) is 0.669. The van der Waals surface area contributed by atoms with Crippen LogP contribution in [0.3, 0.4) is 0 Å². The first-order chi connectivity index (χ1) is 10.1. The minimum atomic E-state index is -0.235. The molecule has 0 amide bonds. The van der Waals surface area contributed by atoms with Crippen LogP contribution in [0.25, 0.3) is 0 Å². The number of rotatable bonds is 6. The monoisotopic (exact) mass is 371 g/mol. The average molecular weight is 373 g/mol. The second kappa shape index (κ2) is 7.78. The summed E-state index contributed by atoms with van der Waals surface area (Å²) in [5.74, 6) is 0.527. The first-order valence-corrected chi connectivity index (χ1v) is 7.75. The first-order valence-electron chi connectivity index (χ1n) is 6.58. The number of nitrogens with one attached hydrogen (secondary N) is 1. The Bertz CT molecular complexity index is 591. The van der Waals surface area contributed by atoms with Gasteiger partial charge in [-0.2, -0.15) is 0 Å². The van der Waals surface area contributed by atoms with Gasteiger partial charge in [0.2, 0.25) is 0 Å². The van der Waals surface area contributed by atoms with Crippen molar-refractivity contribution in [2.75, 3.05) is 13.7 Å².